The molecule has 0 aromatic heterocycles. The first-order valence-electron chi connectivity index (χ1n) is 5.98. The van der Waals surface area contributed by atoms with Crippen LogP contribution in [0.2, 0.25) is 0 Å². The van der Waals surface area contributed by atoms with E-state index in [-0.39, 0.29) is 36.1 Å². The summed E-state index contributed by atoms with van der Waals surface area (Å²) >= 11 is 0. The summed E-state index contributed by atoms with van der Waals surface area (Å²) < 4.78 is 22.2. The molecule has 0 saturated heterocycles. The van der Waals surface area contributed by atoms with E-state index >= 15 is 0 Å². The van der Waals surface area contributed by atoms with E-state index in [1.807, 2.05) is 6.92 Å². The maximum absolute atomic E-state index is 11.1. The molecule has 11 heteroatoms. The molecule has 0 aromatic carbocycles. The maximum Gasteiger partial charge on any atom is 1.00 e. The number of nitrogens with zero attached hydrogens (tertiary/aromatic N) is 1. The molecule has 116 valence electrons. The fourth-order valence-corrected chi connectivity index (χ4v) is 3.69. The molecule has 0 spiro atoms. The minimum Gasteiger partial charge on any atom is -0.367 e. The van der Waals surface area contributed by atoms with Crippen LogP contribution in [-0.2, 0) is 9.13 Å². The Balaban J connectivity index is 0. The molecule has 0 aromatic rings. The van der Waals surface area contributed by atoms with E-state index in [2.05, 4.69) is 0 Å². The van der Waals surface area contributed by atoms with Gasteiger partial charge in [-0.2, -0.15) is 0 Å². The second-order valence-corrected chi connectivity index (χ2v) is 8.63. The van der Waals surface area contributed by atoms with Gasteiger partial charge in [0.1, 0.15) is 0 Å². The van der Waals surface area contributed by atoms with Crippen LogP contribution in [0.25, 0.3) is 0 Å². The van der Waals surface area contributed by atoms with Crippen LogP contribution in [0.1, 0.15) is 32.6 Å². The van der Waals surface area contributed by atoms with Gasteiger partial charge in [-0.15, -0.1) is 0 Å². The van der Waals surface area contributed by atoms with Gasteiger partial charge in [0.05, 0.1) is 0 Å². The third-order valence-electron chi connectivity index (χ3n) is 2.91. The van der Waals surface area contributed by atoms with Crippen LogP contribution in [0.15, 0.2) is 0 Å². The average Bonchev–Trinajstić information content (AvgIpc) is 2.23. The van der Waals surface area contributed by atoms with Gasteiger partial charge < -0.3 is 29.6 Å². The first-order valence-corrected chi connectivity index (χ1v) is 9.20. The Labute approximate surface area is 141 Å². The van der Waals surface area contributed by atoms with E-state index in [1.54, 1.807) is 11.9 Å². The molecule has 0 unspecified atom stereocenters. The fraction of sp³-hybridized carbons (Fsp3) is 1.00. The van der Waals surface area contributed by atoms with Gasteiger partial charge in [0.2, 0.25) is 0 Å². The zero-order chi connectivity index (χ0) is 15.3. The molecule has 0 atom stereocenters. The summed E-state index contributed by atoms with van der Waals surface area (Å²) in [6.07, 6.45) is 2.19. The summed E-state index contributed by atoms with van der Waals surface area (Å²) in [4.78, 5) is 37.5. The van der Waals surface area contributed by atoms with Crippen molar-refractivity contribution in [2.75, 3.05) is 20.1 Å². The third-order valence-corrected chi connectivity index (χ3v) is 6.78. The summed E-state index contributed by atoms with van der Waals surface area (Å²) in [5.41, 5.74) is 0. The van der Waals surface area contributed by atoms with Crippen LogP contribution in [-0.4, -0.2) is 54.8 Å². The van der Waals surface area contributed by atoms with Crippen molar-refractivity contribution < 1.29 is 63.4 Å². The molecule has 0 aliphatic carbocycles. The topological polar surface area (TPSA) is 139 Å². The SMILES string of the molecule is CCCCCN(C)CCC(O)(P(=O)(O)O)P(=O)(O)O.[Na+]. The molecule has 0 fully saturated rings. The van der Waals surface area contributed by atoms with E-state index in [0.717, 1.165) is 19.3 Å². The molecule has 0 bridgehead atoms. The molecule has 0 rings (SSSR count). The molecule has 0 saturated carbocycles. The number of aliphatic hydroxyl groups is 1. The predicted molar refractivity (Wildman–Crippen MR) is 70.7 cm³/mol. The number of rotatable bonds is 9. The minimum absolute atomic E-state index is 0. The van der Waals surface area contributed by atoms with Crippen molar-refractivity contribution in [1.29, 1.82) is 0 Å². The van der Waals surface area contributed by atoms with Gasteiger partial charge in [0.25, 0.3) is 5.08 Å². The Morgan fingerprint density at radius 3 is 1.80 bits per heavy atom. The third kappa shape index (κ3) is 6.99. The van der Waals surface area contributed by atoms with Crippen molar-refractivity contribution in [3.05, 3.63) is 0 Å². The number of hydrogen-bond acceptors (Lipinski definition) is 4. The van der Waals surface area contributed by atoms with Gasteiger partial charge in [0, 0.05) is 13.0 Å². The maximum atomic E-state index is 11.1. The first-order chi connectivity index (χ1) is 8.45. The summed E-state index contributed by atoms with van der Waals surface area (Å²) in [5.74, 6) is 0. The molecule has 8 nitrogen and oxygen atoms in total. The molecule has 0 heterocycles. The summed E-state index contributed by atoms with van der Waals surface area (Å²) in [7, 11) is -9.00. The molecule has 0 aliphatic rings. The van der Waals surface area contributed by atoms with Gasteiger partial charge in [0.15, 0.2) is 0 Å². The Morgan fingerprint density at radius 2 is 1.45 bits per heavy atom. The Kier molecular flexibility index (Phi) is 11.0. The van der Waals surface area contributed by atoms with Crippen LogP contribution >= 0.6 is 15.2 Å². The Hall–Kier alpha value is 1.22. The second-order valence-electron chi connectivity index (χ2n) is 4.62. The van der Waals surface area contributed by atoms with Gasteiger partial charge in [-0.3, -0.25) is 9.13 Å². The smallest absolute Gasteiger partial charge is 0.367 e. The fourth-order valence-electron chi connectivity index (χ4n) is 1.55. The molecule has 0 aliphatic heterocycles. The summed E-state index contributed by atoms with van der Waals surface area (Å²) in [6.45, 7) is 2.64. The molecular formula is C9H23NNaO7P2+. The summed E-state index contributed by atoms with van der Waals surface area (Å²) in [6, 6.07) is 0. The monoisotopic (exact) mass is 342 g/mol. The quantitative estimate of drug-likeness (QED) is 0.176. The minimum atomic E-state index is -5.33. The van der Waals surface area contributed by atoms with E-state index in [0.29, 0.717) is 6.54 Å². The first kappa shape index (κ1) is 23.5. The van der Waals surface area contributed by atoms with Gasteiger partial charge in [-0.1, -0.05) is 19.8 Å². The van der Waals surface area contributed by atoms with E-state index < -0.39 is 26.7 Å². The van der Waals surface area contributed by atoms with E-state index in [9.17, 15) is 14.2 Å². The molecule has 0 radical (unpaired) electrons. The Morgan fingerprint density at radius 1 is 1.00 bits per heavy atom. The number of hydrogen-bond donors (Lipinski definition) is 5. The molecule has 5 N–H and O–H groups in total. The van der Waals surface area contributed by atoms with Crippen LogP contribution in [0.3, 0.4) is 0 Å². The van der Waals surface area contributed by atoms with E-state index in [4.69, 9.17) is 19.6 Å². The van der Waals surface area contributed by atoms with Crippen molar-refractivity contribution in [2.24, 2.45) is 0 Å². The normalized spacial score (nSPS) is 13.4. The van der Waals surface area contributed by atoms with Crippen molar-refractivity contribution >= 4 is 15.2 Å². The zero-order valence-corrected chi connectivity index (χ0v) is 15.9. The Bertz CT molecular complexity index is 347. The molecule has 0 amide bonds. The van der Waals surface area contributed by atoms with E-state index in [1.165, 1.54) is 0 Å². The van der Waals surface area contributed by atoms with Crippen molar-refractivity contribution in [3.63, 3.8) is 0 Å². The van der Waals surface area contributed by atoms with Crippen molar-refractivity contribution in [1.82, 2.24) is 4.90 Å². The van der Waals surface area contributed by atoms with Crippen LogP contribution in [0, 0.1) is 0 Å². The average molecular weight is 342 g/mol. The van der Waals surface area contributed by atoms with Gasteiger partial charge in [-0.05, 0) is 20.0 Å². The number of unbranched alkanes of at least 4 members (excludes halogenated alkanes) is 2. The largest absolute Gasteiger partial charge is 1.00 e. The molecular weight excluding hydrogens is 319 g/mol. The molecule has 20 heavy (non-hydrogen) atoms. The predicted octanol–water partition coefficient (Wildman–Crippen LogP) is -2.50. The van der Waals surface area contributed by atoms with Crippen LogP contribution in [0.4, 0.5) is 0 Å². The van der Waals surface area contributed by atoms with Crippen molar-refractivity contribution in [3.8, 4) is 0 Å². The van der Waals surface area contributed by atoms with Crippen LogP contribution < -0.4 is 29.6 Å². The zero-order valence-electron chi connectivity index (χ0n) is 12.1. The van der Waals surface area contributed by atoms with Gasteiger partial charge in [-0.25, -0.2) is 0 Å². The summed E-state index contributed by atoms with van der Waals surface area (Å²) in [5, 5.41) is 6.35. The van der Waals surface area contributed by atoms with Crippen LogP contribution in [0.5, 0.6) is 0 Å². The van der Waals surface area contributed by atoms with Crippen molar-refractivity contribution in [2.45, 2.75) is 37.7 Å². The second kappa shape index (κ2) is 9.38. The van der Waals surface area contributed by atoms with Gasteiger partial charge >= 0.3 is 44.7 Å². The standard InChI is InChI=1S/C9H23NO7P2.Na/c1-3-4-5-7-10(2)8-6-9(11,18(12,13)14)19(15,16)17;/h11H,3-8H2,1-2H3,(H2,12,13,14)(H2,15,16,17);/q;+1.